The lowest BCUT2D eigenvalue weighted by Crippen LogP contribution is -2.46. The maximum atomic E-state index is 5.16. The molecule has 5 heteroatoms. The van der Waals surface area contributed by atoms with Gasteiger partial charge in [0.1, 0.15) is 5.84 Å². The number of amidine groups is 1. The monoisotopic (exact) mass is 182 g/mol. The highest BCUT2D eigenvalue weighted by atomic mass is 32.1. The molecule has 2 aliphatic rings. The fourth-order valence-corrected chi connectivity index (χ4v) is 1.74. The van der Waals surface area contributed by atoms with Crippen LogP contribution in [0.5, 0.6) is 0 Å². The van der Waals surface area contributed by atoms with Gasteiger partial charge in [0.25, 0.3) is 0 Å². The lowest BCUT2D eigenvalue weighted by Gasteiger charge is -2.26. The van der Waals surface area contributed by atoms with Crippen molar-refractivity contribution in [3.8, 4) is 0 Å². The van der Waals surface area contributed by atoms with Gasteiger partial charge in [-0.1, -0.05) is 12.2 Å². The molecule has 0 aliphatic carbocycles. The summed E-state index contributed by atoms with van der Waals surface area (Å²) in [6.07, 6.45) is 1.93. The summed E-state index contributed by atoms with van der Waals surface area (Å²) in [6, 6.07) is 0. The number of nitrogens with zero attached hydrogens (tertiary/aromatic N) is 3. The highest BCUT2D eigenvalue weighted by Crippen LogP contribution is 2.20. The number of hydrazone groups is 1. The standard InChI is InChI=1S/C7H10N4S/c1-4-9-6-5(7(12)10-4)3-8-11(6)2/h3,5-6H,1-2H3,(H,9,10,12). The van der Waals surface area contributed by atoms with Crippen molar-refractivity contribution < 1.29 is 0 Å². The summed E-state index contributed by atoms with van der Waals surface area (Å²) >= 11 is 5.16. The molecule has 2 atom stereocenters. The van der Waals surface area contributed by atoms with E-state index in [0.717, 1.165) is 10.8 Å². The molecule has 2 unspecified atom stereocenters. The smallest absolute Gasteiger partial charge is 0.152 e. The van der Waals surface area contributed by atoms with Gasteiger partial charge in [0.05, 0.1) is 10.9 Å². The Balaban J connectivity index is 2.32. The first-order chi connectivity index (χ1) is 5.68. The highest BCUT2D eigenvalue weighted by Gasteiger charge is 2.34. The maximum Gasteiger partial charge on any atom is 0.152 e. The van der Waals surface area contributed by atoms with Gasteiger partial charge in [0, 0.05) is 13.3 Å². The van der Waals surface area contributed by atoms with Gasteiger partial charge in [-0.2, -0.15) is 5.10 Å². The van der Waals surface area contributed by atoms with Crippen LogP contribution in [0.2, 0.25) is 0 Å². The maximum absolute atomic E-state index is 5.16. The molecule has 0 aromatic heterocycles. The van der Waals surface area contributed by atoms with Crippen molar-refractivity contribution in [2.24, 2.45) is 16.0 Å². The Morgan fingerprint density at radius 3 is 3.17 bits per heavy atom. The highest BCUT2D eigenvalue weighted by molar-refractivity contribution is 7.80. The average molecular weight is 182 g/mol. The van der Waals surface area contributed by atoms with Crippen molar-refractivity contribution in [2.45, 2.75) is 13.1 Å². The fourth-order valence-electron chi connectivity index (χ4n) is 1.41. The largest absolute Gasteiger partial charge is 0.338 e. The Labute approximate surface area is 76.3 Å². The van der Waals surface area contributed by atoms with Gasteiger partial charge < -0.3 is 5.32 Å². The lowest BCUT2D eigenvalue weighted by atomic mass is 10.1. The van der Waals surface area contributed by atoms with Crippen LogP contribution < -0.4 is 5.32 Å². The van der Waals surface area contributed by atoms with E-state index in [0.29, 0.717) is 0 Å². The molecule has 64 valence electrons. The third-order valence-electron chi connectivity index (χ3n) is 2.05. The Morgan fingerprint density at radius 1 is 1.67 bits per heavy atom. The van der Waals surface area contributed by atoms with Crippen LogP contribution in [0.1, 0.15) is 6.92 Å². The summed E-state index contributed by atoms with van der Waals surface area (Å²) in [5.41, 5.74) is 0. The predicted molar refractivity (Wildman–Crippen MR) is 52.4 cm³/mol. The van der Waals surface area contributed by atoms with E-state index in [1.165, 1.54) is 0 Å². The van der Waals surface area contributed by atoms with Crippen LogP contribution in [-0.4, -0.2) is 35.3 Å². The van der Waals surface area contributed by atoms with Crippen LogP contribution in [-0.2, 0) is 0 Å². The first-order valence-electron chi connectivity index (χ1n) is 3.80. The number of hydrogen-bond acceptors (Lipinski definition) is 4. The second-order valence-electron chi connectivity index (χ2n) is 2.98. The van der Waals surface area contributed by atoms with Gasteiger partial charge in [-0.25, -0.2) is 4.99 Å². The zero-order valence-electron chi connectivity index (χ0n) is 6.98. The predicted octanol–water partition coefficient (Wildman–Crippen LogP) is 0.209. The number of thiocarbonyl (C=S) groups is 1. The molecule has 0 aromatic carbocycles. The number of fused-ring (bicyclic) bond motifs is 1. The molecule has 0 saturated carbocycles. The van der Waals surface area contributed by atoms with Gasteiger partial charge in [0.2, 0.25) is 0 Å². The Kier molecular flexibility index (Phi) is 1.61. The van der Waals surface area contributed by atoms with Crippen LogP contribution in [0, 0.1) is 5.92 Å². The van der Waals surface area contributed by atoms with Crippen molar-refractivity contribution in [1.82, 2.24) is 10.3 Å². The van der Waals surface area contributed by atoms with Gasteiger partial charge in [-0.3, -0.25) is 5.01 Å². The van der Waals surface area contributed by atoms with Crippen molar-refractivity contribution in [3.63, 3.8) is 0 Å². The van der Waals surface area contributed by atoms with E-state index in [-0.39, 0.29) is 12.1 Å². The van der Waals surface area contributed by atoms with Crippen LogP contribution in [0.3, 0.4) is 0 Å². The summed E-state index contributed by atoms with van der Waals surface area (Å²) in [7, 11) is 1.91. The van der Waals surface area contributed by atoms with Crippen molar-refractivity contribution in [1.29, 1.82) is 0 Å². The Hall–Kier alpha value is -0.970. The molecule has 0 aromatic rings. The van der Waals surface area contributed by atoms with E-state index in [9.17, 15) is 0 Å². The summed E-state index contributed by atoms with van der Waals surface area (Å²) in [6.45, 7) is 1.91. The third kappa shape index (κ3) is 1.01. The zero-order chi connectivity index (χ0) is 8.72. The first kappa shape index (κ1) is 7.67. The fraction of sp³-hybridized carbons (Fsp3) is 0.571. The van der Waals surface area contributed by atoms with E-state index in [2.05, 4.69) is 15.4 Å². The normalized spacial score (nSPS) is 33.0. The summed E-state index contributed by atoms with van der Waals surface area (Å²) in [5.74, 6) is 1.03. The molecule has 4 nitrogen and oxygen atoms in total. The van der Waals surface area contributed by atoms with E-state index in [1.807, 2.05) is 25.2 Å². The zero-order valence-corrected chi connectivity index (χ0v) is 7.80. The minimum Gasteiger partial charge on any atom is -0.338 e. The van der Waals surface area contributed by atoms with Crippen LogP contribution in [0.15, 0.2) is 10.1 Å². The molecule has 0 fully saturated rings. The number of aliphatic imine (C=N–C) groups is 1. The van der Waals surface area contributed by atoms with Crippen molar-refractivity contribution >= 4 is 29.3 Å². The van der Waals surface area contributed by atoms with Crippen LogP contribution in [0.25, 0.3) is 0 Å². The lowest BCUT2D eigenvalue weighted by molar-refractivity contribution is 0.273. The number of rotatable bonds is 0. The molecule has 0 radical (unpaired) electrons. The van der Waals surface area contributed by atoms with Crippen molar-refractivity contribution in [3.05, 3.63) is 0 Å². The molecule has 0 amide bonds. The van der Waals surface area contributed by atoms with E-state index in [1.54, 1.807) is 0 Å². The SMILES string of the molecule is CC1=NC2C(C=NN2C)C(=S)N1. The molecule has 2 aliphatic heterocycles. The van der Waals surface area contributed by atoms with Crippen LogP contribution >= 0.6 is 12.2 Å². The molecular formula is C7H10N4S. The van der Waals surface area contributed by atoms with E-state index < -0.39 is 0 Å². The molecule has 12 heavy (non-hydrogen) atoms. The average Bonchev–Trinajstić information content (AvgIpc) is 2.33. The summed E-state index contributed by atoms with van der Waals surface area (Å²) in [5, 5.41) is 9.01. The summed E-state index contributed by atoms with van der Waals surface area (Å²) < 4.78 is 0. The van der Waals surface area contributed by atoms with Crippen LogP contribution in [0.4, 0.5) is 0 Å². The molecule has 2 rings (SSSR count). The number of nitrogens with one attached hydrogen (secondary N) is 1. The second kappa shape index (κ2) is 2.52. The Bertz CT molecular complexity index is 283. The summed E-state index contributed by atoms with van der Waals surface area (Å²) in [4.78, 5) is 5.21. The van der Waals surface area contributed by atoms with Crippen molar-refractivity contribution in [2.75, 3.05) is 7.05 Å². The van der Waals surface area contributed by atoms with Gasteiger partial charge in [0.15, 0.2) is 6.17 Å². The minimum absolute atomic E-state index is 0.0822. The quantitative estimate of drug-likeness (QED) is 0.544. The van der Waals surface area contributed by atoms with Gasteiger partial charge in [-0.15, -0.1) is 0 Å². The molecule has 0 saturated heterocycles. The topological polar surface area (TPSA) is 40.0 Å². The van der Waals surface area contributed by atoms with E-state index in [4.69, 9.17) is 12.2 Å². The molecular weight excluding hydrogens is 172 g/mol. The second-order valence-corrected chi connectivity index (χ2v) is 3.42. The molecule has 2 heterocycles. The third-order valence-corrected chi connectivity index (χ3v) is 2.42. The minimum atomic E-state index is 0.0822. The Morgan fingerprint density at radius 2 is 2.42 bits per heavy atom. The first-order valence-corrected chi connectivity index (χ1v) is 4.21. The van der Waals surface area contributed by atoms with E-state index >= 15 is 0 Å². The number of hydrogen-bond donors (Lipinski definition) is 1. The van der Waals surface area contributed by atoms with Gasteiger partial charge >= 0.3 is 0 Å². The molecule has 0 spiro atoms. The molecule has 0 bridgehead atoms. The molecule has 1 N–H and O–H groups in total. The van der Waals surface area contributed by atoms with Gasteiger partial charge in [-0.05, 0) is 6.92 Å².